The van der Waals surface area contributed by atoms with Gasteiger partial charge in [0, 0.05) is 35.4 Å². The third-order valence-corrected chi connectivity index (χ3v) is 5.83. The normalized spacial score (nSPS) is 15.4. The summed E-state index contributed by atoms with van der Waals surface area (Å²) >= 11 is 1.75. The lowest BCUT2D eigenvalue weighted by Gasteiger charge is -2.19. The summed E-state index contributed by atoms with van der Waals surface area (Å²) in [5.41, 5.74) is 3.96. The van der Waals surface area contributed by atoms with Crippen LogP contribution in [-0.4, -0.2) is 34.6 Å². The van der Waals surface area contributed by atoms with Crippen molar-refractivity contribution in [3.8, 4) is 0 Å². The molecule has 3 rings (SSSR count). The Labute approximate surface area is 154 Å². The van der Waals surface area contributed by atoms with Crippen LogP contribution in [0.1, 0.15) is 61.5 Å². The highest BCUT2D eigenvalue weighted by Crippen LogP contribution is 2.27. The maximum atomic E-state index is 12.9. The minimum absolute atomic E-state index is 0.155. The lowest BCUT2D eigenvalue weighted by atomic mass is 10.1. The van der Waals surface area contributed by atoms with Crippen molar-refractivity contribution in [1.29, 1.82) is 0 Å². The van der Waals surface area contributed by atoms with Crippen molar-refractivity contribution in [1.82, 2.24) is 9.88 Å². The SMILES string of the molecule is CCCCSNc1ccc2[nH]c(C(=O)N3CCCCCC3)c(C)c2c1. The van der Waals surface area contributed by atoms with Gasteiger partial charge in [0.2, 0.25) is 0 Å². The zero-order chi connectivity index (χ0) is 17.6. The molecule has 2 N–H and O–H groups in total. The molecule has 2 heterocycles. The van der Waals surface area contributed by atoms with E-state index in [1.165, 1.54) is 25.7 Å². The van der Waals surface area contributed by atoms with Gasteiger partial charge in [-0.15, -0.1) is 0 Å². The number of hydrogen-bond acceptors (Lipinski definition) is 3. The molecule has 1 aromatic heterocycles. The molecule has 0 radical (unpaired) electrons. The summed E-state index contributed by atoms with van der Waals surface area (Å²) in [5, 5.41) is 1.14. The molecule has 0 bridgehead atoms. The summed E-state index contributed by atoms with van der Waals surface area (Å²) in [7, 11) is 0. The average Bonchev–Trinajstić information content (AvgIpc) is 2.81. The van der Waals surface area contributed by atoms with Crippen molar-refractivity contribution >= 4 is 34.4 Å². The Morgan fingerprint density at radius 1 is 1.24 bits per heavy atom. The number of carbonyl (C=O) groups excluding carboxylic acids is 1. The molecule has 0 aliphatic carbocycles. The first kappa shape index (κ1) is 18.2. The van der Waals surface area contributed by atoms with E-state index < -0.39 is 0 Å². The topological polar surface area (TPSA) is 48.1 Å². The van der Waals surface area contributed by atoms with Gasteiger partial charge in [-0.25, -0.2) is 0 Å². The molecule has 1 aromatic carbocycles. The lowest BCUT2D eigenvalue weighted by molar-refractivity contribution is 0.0756. The minimum atomic E-state index is 0.155. The number of fused-ring (bicyclic) bond motifs is 1. The Balaban J connectivity index is 1.77. The number of nitrogens with zero attached hydrogens (tertiary/aromatic N) is 1. The number of aromatic nitrogens is 1. The molecule has 1 aliphatic heterocycles. The summed E-state index contributed by atoms with van der Waals surface area (Å²) in [6.45, 7) is 6.03. The van der Waals surface area contributed by atoms with Crippen LogP contribution >= 0.6 is 11.9 Å². The van der Waals surface area contributed by atoms with Gasteiger partial charge in [-0.2, -0.15) is 0 Å². The largest absolute Gasteiger partial charge is 0.350 e. The van der Waals surface area contributed by atoms with Crippen LogP contribution < -0.4 is 4.72 Å². The van der Waals surface area contributed by atoms with Gasteiger partial charge >= 0.3 is 0 Å². The monoisotopic (exact) mass is 359 g/mol. The van der Waals surface area contributed by atoms with E-state index in [9.17, 15) is 4.79 Å². The highest BCUT2D eigenvalue weighted by Gasteiger charge is 2.21. The number of H-pyrrole nitrogens is 1. The van der Waals surface area contributed by atoms with Crippen LogP contribution in [0.3, 0.4) is 0 Å². The molecule has 5 heteroatoms. The van der Waals surface area contributed by atoms with Crippen molar-refractivity contribution in [2.45, 2.75) is 52.4 Å². The van der Waals surface area contributed by atoms with Gasteiger partial charge in [0.05, 0.1) is 0 Å². The predicted octanol–water partition coefficient (Wildman–Crippen LogP) is 5.35. The molecule has 0 unspecified atom stereocenters. The fraction of sp³-hybridized carbons (Fsp3) is 0.550. The van der Waals surface area contributed by atoms with E-state index in [2.05, 4.69) is 41.8 Å². The summed E-state index contributed by atoms with van der Waals surface area (Å²) in [6, 6.07) is 6.31. The molecule has 2 aromatic rings. The van der Waals surface area contributed by atoms with Gasteiger partial charge in [-0.3, -0.25) is 4.79 Å². The van der Waals surface area contributed by atoms with E-state index in [1.54, 1.807) is 11.9 Å². The summed E-state index contributed by atoms with van der Waals surface area (Å²) in [5.74, 6) is 1.27. The minimum Gasteiger partial charge on any atom is -0.350 e. The maximum Gasteiger partial charge on any atom is 0.270 e. The number of aromatic amines is 1. The number of hydrogen-bond donors (Lipinski definition) is 2. The fourth-order valence-electron chi connectivity index (χ4n) is 3.39. The summed E-state index contributed by atoms with van der Waals surface area (Å²) in [6.07, 6.45) is 7.15. The maximum absolute atomic E-state index is 12.9. The van der Waals surface area contributed by atoms with Crippen molar-refractivity contribution in [2.75, 3.05) is 23.6 Å². The number of anilines is 1. The van der Waals surface area contributed by atoms with E-state index in [-0.39, 0.29) is 5.91 Å². The summed E-state index contributed by atoms with van der Waals surface area (Å²) in [4.78, 5) is 18.3. The standard InChI is InChI=1S/C20H29N3OS/c1-3-4-13-25-22-16-9-10-18-17(14-16)15(2)19(21-18)20(24)23-11-7-5-6-8-12-23/h9-10,14,21-22H,3-8,11-13H2,1-2H3. The zero-order valence-electron chi connectivity index (χ0n) is 15.4. The number of rotatable bonds is 6. The van der Waals surface area contributed by atoms with Crippen molar-refractivity contribution in [2.24, 2.45) is 0 Å². The van der Waals surface area contributed by atoms with E-state index in [1.807, 2.05) is 4.90 Å². The van der Waals surface area contributed by atoms with E-state index in [0.717, 1.165) is 59.5 Å². The van der Waals surface area contributed by atoms with E-state index in [4.69, 9.17) is 0 Å². The zero-order valence-corrected chi connectivity index (χ0v) is 16.2. The summed E-state index contributed by atoms with van der Waals surface area (Å²) < 4.78 is 3.42. The van der Waals surface area contributed by atoms with Crippen molar-refractivity contribution < 1.29 is 4.79 Å². The Hall–Kier alpha value is -1.62. The second-order valence-electron chi connectivity index (χ2n) is 6.90. The Morgan fingerprint density at radius 2 is 2.00 bits per heavy atom. The number of carbonyl (C=O) groups is 1. The molecule has 0 saturated carbocycles. The molecule has 0 atom stereocenters. The van der Waals surface area contributed by atoms with E-state index >= 15 is 0 Å². The Morgan fingerprint density at radius 3 is 2.72 bits per heavy atom. The molecule has 4 nitrogen and oxygen atoms in total. The predicted molar refractivity (Wildman–Crippen MR) is 108 cm³/mol. The number of unbranched alkanes of at least 4 members (excludes halogenated alkanes) is 1. The third kappa shape index (κ3) is 4.32. The third-order valence-electron chi connectivity index (χ3n) is 4.96. The average molecular weight is 360 g/mol. The van der Waals surface area contributed by atoms with Crippen LogP contribution in [0.25, 0.3) is 10.9 Å². The van der Waals surface area contributed by atoms with Crippen LogP contribution in [0.15, 0.2) is 18.2 Å². The van der Waals surface area contributed by atoms with Crippen LogP contribution in [0, 0.1) is 6.92 Å². The number of likely N-dealkylation sites (tertiary alicyclic amines) is 1. The lowest BCUT2D eigenvalue weighted by Crippen LogP contribution is -2.32. The van der Waals surface area contributed by atoms with Crippen molar-refractivity contribution in [3.05, 3.63) is 29.5 Å². The number of aryl methyl sites for hydroxylation is 1. The van der Waals surface area contributed by atoms with Gasteiger partial charge < -0.3 is 14.6 Å². The van der Waals surface area contributed by atoms with Gasteiger partial charge in [0.1, 0.15) is 5.69 Å². The Bertz CT molecular complexity index is 717. The second kappa shape index (κ2) is 8.65. The molecule has 1 amide bonds. The van der Waals surface area contributed by atoms with Crippen LogP contribution in [-0.2, 0) is 0 Å². The molecule has 1 saturated heterocycles. The quantitative estimate of drug-likeness (QED) is 0.540. The first-order chi connectivity index (χ1) is 12.2. The smallest absolute Gasteiger partial charge is 0.270 e. The molecule has 136 valence electrons. The fourth-order valence-corrected chi connectivity index (χ4v) is 4.22. The molecular weight excluding hydrogens is 330 g/mol. The van der Waals surface area contributed by atoms with Gasteiger partial charge in [0.15, 0.2) is 0 Å². The van der Waals surface area contributed by atoms with Gasteiger partial charge in [-0.05, 0) is 49.9 Å². The molecule has 1 fully saturated rings. The van der Waals surface area contributed by atoms with Crippen LogP contribution in [0.4, 0.5) is 5.69 Å². The Kier molecular flexibility index (Phi) is 6.29. The van der Waals surface area contributed by atoms with E-state index in [0.29, 0.717) is 0 Å². The number of amides is 1. The second-order valence-corrected chi connectivity index (χ2v) is 7.80. The molecule has 25 heavy (non-hydrogen) atoms. The highest BCUT2D eigenvalue weighted by molar-refractivity contribution is 8.00. The van der Waals surface area contributed by atoms with Gasteiger partial charge in [-0.1, -0.05) is 38.1 Å². The van der Waals surface area contributed by atoms with Gasteiger partial charge in [0.25, 0.3) is 5.91 Å². The highest BCUT2D eigenvalue weighted by atomic mass is 32.2. The molecule has 0 spiro atoms. The molecule has 1 aliphatic rings. The van der Waals surface area contributed by atoms with Crippen molar-refractivity contribution in [3.63, 3.8) is 0 Å². The van der Waals surface area contributed by atoms with Crippen LogP contribution in [0.5, 0.6) is 0 Å². The number of benzene rings is 1. The van der Waals surface area contributed by atoms with Crippen LogP contribution in [0.2, 0.25) is 0 Å². The number of nitrogens with one attached hydrogen (secondary N) is 2. The first-order valence-corrected chi connectivity index (χ1v) is 10.5. The molecular formula is C20H29N3OS. The first-order valence-electron chi connectivity index (χ1n) is 9.50.